The average Bonchev–Trinajstić information content (AvgIpc) is 3.49. The Hall–Kier alpha value is -5.20. The standard InChI is InChI=1S/C31H23ClFN5O5S/c1-18-14-27(39)38(35-18)21-7-4-8-22(16-21)44(42,43)36-31(41)29-28(23-9-5-13-34-30(23)40)24-15-20(32)11-12-26(24)37(29)17-19-6-2-3-10-25(19)33/h2-16,35H,17H2,1H3,(H,34,40)(H,36,41). The third kappa shape index (κ3) is 5.25. The van der Waals surface area contributed by atoms with Gasteiger partial charge in [0.15, 0.2) is 0 Å². The molecule has 0 aliphatic heterocycles. The van der Waals surface area contributed by atoms with E-state index in [1.54, 1.807) is 43.3 Å². The lowest BCUT2D eigenvalue weighted by molar-refractivity contribution is 0.0974. The molecule has 0 saturated carbocycles. The minimum atomic E-state index is -4.52. The van der Waals surface area contributed by atoms with Crippen molar-refractivity contribution in [1.29, 1.82) is 0 Å². The number of H-pyrrole nitrogens is 2. The van der Waals surface area contributed by atoms with Gasteiger partial charge in [0.2, 0.25) is 0 Å². The minimum absolute atomic E-state index is 0.0816. The number of carbonyl (C=O) groups excluding carboxylic acids is 1. The summed E-state index contributed by atoms with van der Waals surface area (Å²) in [6.45, 7) is 1.52. The fourth-order valence-corrected chi connectivity index (χ4v) is 6.30. The molecule has 3 heterocycles. The molecule has 0 atom stereocenters. The van der Waals surface area contributed by atoms with Crippen LogP contribution in [0, 0.1) is 12.7 Å². The van der Waals surface area contributed by atoms with E-state index in [2.05, 4.69) is 14.8 Å². The highest BCUT2D eigenvalue weighted by molar-refractivity contribution is 7.90. The zero-order valence-corrected chi connectivity index (χ0v) is 24.5. The molecule has 0 bridgehead atoms. The number of pyridine rings is 1. The number of carbonyl (C=O) groups is 1. The second-order valence-corrected chi connectivity index (χ2v) is 12.1. The van der Waals surface area contributed by atoms with E-state index in [-0.39, 0.29) is 39.5 Å². The van der Waals surface area contributed by atoms with Crippen LogP contribution in [0.5, 0.6) is 0 Å². The molecule has 0 aliphatic rings. The lowest BCUT2D eigenvalue weighted by Gasteiger charge is -2.14. The van der Waals surface area contributed by atoms with Crippen molar-refractivity contribution in [1.82, 2.24) is 24.1 Å². The van der Waals surface area contributed by atoms with Gasteiger partial charge < -0.3 is 9.55 Å². The maximum atomic E-state index is 14.9. The molecule has 3 aromatic heterocycles. The van der Waals surface area contributed by atoms with Crippen LogP contribution in [-0.4, -0.2) is 33.7 Å². The van der Waals surface area contributed by atoms with Gasteiger partial charge in [0.1, 0.15) is 11.5 Å². The molecule has 222 valence electrons. The van der Waals surface area contributed by atoms with Gasteiger partial charge in [0.25, 0.3) is 27.0 Å². The quantitative estimate of drug-likeness (QED) is 0.234. The van der Waals surface area contributed by atoms with Crippen molar-refractivity contribution in [3.05, 3.63) is 140 Å². The molecular formula is C31H23ClFN5O5S. The first-order valence-corrected chi connectivity index (χ1v) is 15.1. The first-order valence-electron chi connectivity index (χ1n) is 13.2. The first-order chi connectivity index (χ1) is 21.0. The van der Waals surface area contributed by atoms with Crippen LogP contribution in [0.2, 0.25) is 5.02 Å². The van der Waals surface area contributed by atoms with Gasteiger partial charge in [-0.1, -0.05) is 35.9 Å². The maximum Gasteiger partial charge on any atom is 0.282 e. The number of halogens is 2. The molecule has 1 amide bonds. The van der Waals surface area contributed by atoms with E-state index in [0.717, 1.165) is 0 Å². The van der Waals surface area contributed by atoms with Gasteiger partial charge in [-0.05, 0) is 61.5 Å². The van der Waals surface area contributed by atoms with Crippen molar-refractivity contribution in [3.8, 4) is 16.8 Å². The monoisotopic (exact) mass is 631 g/mol. The Labute approximate surface area is 254 Å². The van der Waals surface area contributed by atoms with Crippen molar-refractivity contribution >= 4 is 38.4 Å². The van der Waals surface area contributed by atoms with Gasteiger partial charge in [-0.25, -0.2) is 22.2 Å². The van der Waals surface area contributed by atoms with E-state index in [9.17, 15) is 27.2 Å². The fraction of sp³-hybridized carbons (Fsp3) is 0.0645. The molecule has 3 N–H and O–H groups in total. The summed E-state index contributed by atoms with van der Waals surface area (Å²) in [4.78, 5) is 41.7. The van der Waals surface area contributed by atoms with Crippen LogP contribution in [0.15, 0.2) is 106 Å². The third-order valence-corrected chi connectivity index (χ3v) is 8.64. The number of hydrogen-bond acceptors (Lipinski definition) is 5. The van der Waals surface area contributed by atoms with Crippen molar-refractivity contribution in [3.63, 3.8) is 0 Å². The number of nitrogens with zero attached hydrogens (tertiary/aromatic N) is 2. The summed E-state index contributed by atoms with van der Waals surface area (Å²) < 4.78 is 46.8. The summed E-state index contributed by atoms with van der Waals surface area (Å²) >= 11 is 6.33. The maximum absolute atomic E-state index is 14.9. The zero-order valence-electron chi connectivity index (χ0n) is 23.0. The number of aromatic nitrogens is 4. The third-order valence-electron chi connectivity index (χ3n) is 7.08. The summed E-state index contributed by atoms with van der Waals surface area (Å²) in [5.41, 5.74) is 0.530. The van der Waals surface area contributed by atoms with Gasteiger partial charge >= 0.3 is 0 Å². The first kappa shape index (κ1) is 28.9. The highest BCUT2D eigenvalue weighted by atomic mass is 35.5. The largest absolute Gasteiger partial charge is 0.331 e. The Morgan fingerprint density at radius 2 is 1.77 bits per heavy atom. The number of aromatic amines is 2. The summed E-state index contributed by atoms with van der Waals surface area (Å²) in [6, 6.07) is 20.6. The van der Waals surface area contributed by atoms with Crippen LogP contribution in [0.1, 0.15) is 21.7 Å². The fourth-order valence-electron chi connectivity index (χ4n) is 5.14. The molecule has 0 fully saturated rings. The van der Waals surface area contributed by atoms with Gasteiger partial charge in [0, 0.05) is 50.6 Å². The van der Waals surface area contributed by atoms with Crippen LogP contribution < -0.4 is 15.8 Å². The number of fused-ring (bicyclic) bond motifs is 1. The van der Waals surface area contributed by atoms with E-state index in [4.69, 9.17) is 11.6 Å². The molecule has 44 heavy (non-hydrogen) atoms. The van der Waals surface area contributed by atoms with E-state index >= 15 is 0 Å². The van der Waals surface area contributed by atoms with Crippen molar-refractivity contribution in [2.75, 3.05) is 0 Å². The molecule has 10 nitrogen and oxygen atoms in total. The van der Waals surface area contributed by atoms with E-state index in [1.807, 2.05) is 0 Å². The number of benzene rings is 3. The molecule has 0 radical (unpaired) electrons. The highest BCUT2D eigenvalue weighted by Crippen LogP contribution is 2.36. The Balaban J connectivity index is 1.53. The smallest absolute Gasteiger partial charge is 0.282 e. The summed E-state index contributed by atoms with van der Waals surface area (Å²) in [5, 5.41) is 3.53. The lowest BCUT2D eigenvalue weighted by atomic mass is 10.0. The van der Waals surface area contributed by atoms with Crippen molar-refractivity contribution in [2.24, 2.45) is 0 Å². The van der Waals surface area contributed by atoms with Gasteiger partial charge in [0.05, 0.1) is 17.1 Å². The molecule has 0 unspecified atom stereocenters. The van der Waals surface area contributed by atoms with Gasteiger partial charge in [-0.2, -0.15) is 0 Å². The molecule has 3 aromatic carbocycles. The van der Waals surface area contributed by atoms with Gasteiger partial charge in [-0.15, -0.1) is 0 Å². The van der Waals surface area contributed by atoms with Gasteiger partial charge in [-0.3, -0.25) is 19.5 Å². The Kier molecular flexibility index (Phi) is 7.31. The summed E-state index contributed by atoms with van der Waals surface area (Å²) in [7, 11) is -4.52. The second kappa shape index (κ2) is 11.1. The predicted octanol–water partition coefficient (Wildman–Crippen LogP) is 4.74. The number of rotatable bonds is 7. The number of amides is 1. The summed E-state index contributed by atoms with van der Waals surface area (Å²) in [6.07, 6.45) is 1.42. The van der Waals surface area contributed by atoms with Crippen LogP contribution in [0.3, 0.4) is 0 Å². The number of aryl methyl sites for hydroxylation is 1. The Morgan fingerprint density at radius 1 is 0.977 bits per heavy atom. The van der Waals surface area contributed by atoms with E-state index in [0.29, 0.717) is 21.6 Å². The molecule has 13 heteroatoms. The number of nitrogens with one attached hydrogen (secondary N) is 3. The Bertz CT molecular complexity index is 2320. The number of hydrogen-bond donors (Lipinski definition) is 3. The highest BCUT2D eigenvalue weighted by Gasteiger charge is 2.29. The zero-order chi connectivity index (χ0) is 31.2. The lowest BCUT2D eigenvalue weighted by Crippen LogP contribution is -2.33. The second-order valence-electron chi connectivity index (χ2n) is 10.0. The average molecular weight is 632 g/mol. The van der Waals surface area contributed by atoms with Crippen LogP contribution in [-0.2, 0) is 16.6 Å². The molecule has 0 saturated heterocycles. The molecule has 6 aromatic rings. The molecule has 0 spiro atoms. The van der Waals surface area contributed by atoms with Crippen LogP contribution in [0.25, 0.3) is 27.7 Å². The molecular weight excluding hydrogens is 609 g/mol. The van der Waals surface area contributed by atoms with Crippen LogP contribution in [0.4, 0.5) is 4.39 Å². The SMILES string of the molecule is Cc1cc(=O)n(-c2cccc(S(=O)(=O)NC(=O)c3c(-c4ccc[nH]c4=O)c4cc(Cl)ccc4n3Cc3ccccc3F)c2)[nH]1. The normalized spacial score (nSPS) is 11.6. The predicted molar refractivity (Wildman–Crippen MR) is 164 cm³/mol. The summed E-state index contributed by atoms with van der Waals surface area (Å²) in [5.74, 6) is -1.60. The minimum Gasteiger partial charge on any atom is -0.331 e. The van der Waals surface area contributed by atoms with Crippen molar-refractivity contribution < 1.29 is 17.6 Å². The molecule has 6 rings (SSSR count). The van der Waals surface area contributed by atoms with E-state index < -0.39 is 32.9 Å². The topological polar surface area (TPSA) is 139 Å². The van der Waals surface area contributed by atoms with Crippen molar-refractivity contribution in [2.45, 2.75) is 18.4 Å². The number of sulfonamides is 1. The van der Waals surface area contributed by atoms with E-state index in [1.165, 1.54) is 64.0 Å². The Morgan fingerprint density at radius 3 is 2.50 bits per heavy atom. The van der Waals surface area contributed by atoms with Crippen LogP contribution >= 0.6 is 11.6 Å². The molecule has 0 aliphatic carbocycles.